The van der Waals surface area contributed by atoms with E-state index in [0.717, 1.165) is 11.6 Å². The highest BCUT2D eigenvalue weighted by Gasteiger charge is 2.27. The third kappa shape index (κ3) is 5.54. The minimum Gasteiger partial charge on any atom is -0.507 e. The molecule has 4 aromatic rings. The average molecular weight is 472 g/mol. The van der Waals surface area contributed by atoms with E-state index in [1.807, 2.05) is 74.5 Å². The fourth-order valence-corrected chi connectivity index (χ4v) is 4.43. The van der Waals surface area contributed by atoms with E-state index < -0.39 is 11.3 Å². The van der Waals surface area contributed by atoms with Gasteiger partial charge in [-0.1, -0.05) is 74.5 Å². The van der Waals surface area contributed by atoms with Crippen molar-refractivity contribution in [2.75, 3.05) is 0 Å². The monoisotopic (exact) mass is 471 g/mol. The number of fused-ring (bicyclic) bond motifs is 1. The van der Waals surface area contributed by atoms with Crippen LogP contribution in [-0.2, 0) is 11.3 Å². The van der Waals surface area contributed by atoms with E-state index in [2.05, 4.69) is 5.32 Å². The van der Waals surface area contributed by atoms with Crippen LogP contribution in [0.15, 0.2) is 82.0 Å². The smallest absolute Gasteiger partial charge is 0.220 e. The zero-order chi connectivity index (χ0) is 24.9. The second-order valence-electron chi connectivity index (χ2n) is 9.17. The summed E-state index contributed by atoms with van der Waals surface area (Å²) < 4.78 is 6.14. The maximum absolute atomic E-state index is 13.0. The van der Waals surface area contributed by atoms with Gasteiger partial charge in [0.25, 0.3) is 0 Å². The first-order chi connectivity index (χ1) is 16.8. The highest BCUT2D eigenvalue weighted by atomic mass is 16.3. The molecule has 0 radical (unpaired) electrons. The van der Waals surface area contributed by atoms with E-state index in [1.165, 1.54) is 6.07 Å². The molecule has 0 bridgehead atoms. The Bertz CT molecular complexity index is 1380. The molecule has 1 amide bonds. The summed E-state index contributed by atoms with van der Waals surface area (Å²) >= 11 is 0. The first kappa shape index (κ1) is 24.1. The van der Waals surface area contributed by atoms with Gasteiger partial charge in [0.15, 0.2) is 5.43 Å². The van der Waals surface area contributed by atoms with Gasteiger partial charge in [-0.15, -0.1) is 0 Å². The molecule has 4 rings (SSSR count). The number of hydrogen-bond acceptors (Lipinski definition) is 5. The number of carbonyl (C=O) groups excluding carboxylic acids is 1. The van der Waals surface area contributed by atoms with E-state index in [-0.39, 0.29) is 40.7 Å². The maximum Gasteiger partial charge on any atom is 0.220 e. The minimum atomic E-state index is -0.428. The van der Waals surface area contributed by atoms with Gasteiger partial charge in [0, 0.05) is 42.1 Å². The van der Waals surface area contributed by atoms with Crippen LogP contribution in [0, 0.1) is 5.92 Å². The van der Waals surface area contributed by atoms with Crippen molar-refractivity contribution in [2.45, 2.75) is 39.2 Å². The molecule has 3 N–H and O–H groups in total. The summed E-state index contributed by atoms with van der Waals surface area (Å²) in [4.78, 5) is 25.9. The zero-order valence-electron chi connectivity index (χ0n) is 19.8. The van der Waals surface area contributed by atoms with Crippen LogP contribution >= 0.6 is 0 Å². The Hall–Kier alpha value is -4.06. The van der Waals surface area contributed by atoms with E-state index >= 15 is 0 Å². The molecule has 0 spiro atoms. The first-order valence-electron chi connectivity index (χ1n) is 11.7. The normalized spacial score (nSPS) is 12.1. The van der Waals surface area contributed by atoms with Gasteiger partial charge >= 0.3 is 0 Å². The number of hydrogen-bond donors (Lipinski definition) is 3. The summed E-state index contributed by atoms with van der Waals surface area (Å²) in [7, 11) is 0. The lowest BCUT2D eigenvalue weighted by molar-refractivity contribution is -0.121. The number of amides is 1. The highest BCUT2D eigenvalue weighted by molar-refractivity contribution is 5.90. The SMILES string of the molecule is CC(C)C[C@@H](CC(=O)NCc1ccccc1)c1c(O)cc(O)c2c(=O)cc(-c3ccccc3)oc12. The van der Waals surface area contributed by atoms with Crippen molar-refractivity contribution in [3.63, 3.8) is 0 Å². The van der Waals surface area contributed by atoms with Crippen molar-refractivity contribution in [2.24, 2.45) is 5.92 Å². The quantitative estimate of drug-likeness (QED) is 0.306. The molecule has 0 aliphatic rings. The summed E-state index contributed by atoms with van der Waals surface area (Å²) in [6, 6.07) is 21.3. The van der Waals surface area contributed by atoms with Gasteiger partial charge in [0.2, 0.25) is 5.91 Å². The number of nitrogens with one attached hydrogen (secondary N) is 1. The number of carbonyl (C=O) groups is 1. The summed E-state index contributed by atoms with van der Waals surface area (Å²) in [5.41, 5.74) is 1.73. The molecule has 1 aromatic heterocycles. The fraction of sp³-hybridized carbons (Fsp3) is 0.241. The van der Waals surface area contributed by atoms with Crippen LogP contribution in [0.25, 0.3) is 22.3 Å². The molecule has 1 atom stereocenters. The van der Waals surface area contributed by atoms with Crippen LogP contribution in [0.2, 0.25) is 0 Å². The molecule has 1 heterocycles. The molecule has 0 aliphatic heterocycles. The topological polar surface area (TPSA) is 99.8 Å². The Labute approximate surface area is 203 Å². The molecule has 3 aromatic carbocycles. The molecular weight excluding hydrogens is 442 g/mol. The van der Waals surface area contributed by atoms with Crippen molar-refractivity contribution in [1.29, 1.82) is 0 Å². The summed E-state index contributed by atoms with van der Waals surface area (Å²) in [5.74, 6) is -0.638. The van der Waals surface area contributed by atoms with Crippen LogP contribution in [0.1, 0.15) is 43.7 Å². The standard InChI is InChI=1S/C29H29NO5/c1-18(2)13-21(14-26(34)30-17-19-9-5-3-6-10-19)27-22(31)15-23(32)28-24(33)16-25(35-29(27)28)20-11-7-4-8-12-20/h3-12,15-16,18,21,31-32H,13-14,17H2,1-2H3,(H,30,34)/t21-/m0/s1. The van der Waals surface area contributed by atoms with Crippen LogP contribution < -0.4 is 10.7 Å². The number of rotatable bonds is 8. The Morgan fingerprint density at radius 1 is 0.943 bits per heavy atom. The third-order valence-corrected chi connectivity index (χ3v) is 5.98. The van der Waals surface area contributed by atoms with E-state index in [0.29, 0.717) is 29.9 Å². The predicted octanol–water partition coefficient (Wildman–Crippen LogP) is 5.71. The number of aromatic hydroxyl groups is 2. The van der Waals surface area contributed by atoms with Gasteiger partial charge in [0.05, 0.1) is 0 Å². The van der Waals surface area contributed by atoms with E-state index in [9.17, 15) is 19.8 Å². The van der Waals surface area contributed by atoms with Gasteiger partial charge in [-0.25, -0.2) is 0 Å². The van der Waals surface area contributed by atoms with Crippen molar-refractivity contribution in [1.82, 2.24) is 5.32 Å². The van der Waals surface area contributed by atoms with Gasteiger partial charge in [-0.3, -0.25) is 9.59 Å². The van der Waals surface area contributed by atoms with Gasteiger partial charge < -0.3 is 19.9 Å². The van der Waals surface area contributed by atoms with Gasteiger partial charge in [-0.05, 0) is 17.9 Å². The molecule has 180 valence electrons. The number of benzene rings is 3. The van der Waals surface area contributed by atoms with Crippen LogP contribution in [-0.4, -0.2) is 16.1 Å². The third-order valence-electron chi connectivity index (χ3n) is 5.98. The van der Waals surface area contributed by atoms with Gasteiger partial charge in [-0.2, -0.15) is 0 Å². The Morgan fingerprint density at radius 3 is 2.26 bits per heavy atom. The Morgan fingerprint density at radius 2 is 1.60 bits per heavy atom. The molecule has 0 unspecified atom stereocenters. The van der Waals surface area contributed by atoms with Crippen molar-refractivity contribution in [3.05, 3.63) is 94.1 Å². The van der Waals surface area contributed by atoms with Crippen LogP contribution in [0.5, 0.6) is 11.5 Å². The van der Waals surface area contributed by atoms with Crippen molar-refractivity contribution >= 4 is 16.9 Å². The molecule has 0 fully saturated rings. The lowest BCUT2D eigenvalue weighted by Crippen LogP contribution is -2.25. The lowest BCUT2D eigenvalue weighted by Gasteiger charge is -2.22. The second kappa shape index (κ2) is 10.5. The second-order valence-corrected chi connectivity index (χ2v) is 9.17. The fourth-order valence-electron chi connectivity index (χ4n) is 4.43. The predicted molar refractivity (Wildman–Crippen MR) is 136 cm³/mol. The maximum atomic E-state index is 13.0. The molecule has 0 saturated carbocycles. The lowest BCUT2D eigenvalue weighted by atomic mass is 9.85. The van der Waals surface area contributed by atoms with E-state index in [4.69, 9.17) is 4.42 Å². The van der Waals surface area contributed by atoms with Crippen molar-refractivity contribution < 1.29 is 19.4 Å². The largest absolute Gasteiger partial charge is 0.507 e. The van der Waals surface area contributed by atoms with Gasteiger partial charge in [0.1, 0.15) is 28.2 Å². The molecule has 35 heavy (non-hydrogen) atoms. The van der Waals surface area contributed by atoms with Crippen molar-refractivity contribution in [3.8, 4) is 22.8 Å². The molecule has 6 heteroatoms. The molecule has 0 aliphatic carbocycles. The average Bonchev–Trinajstić information content (AvgIpc) is 2.83. The number of phenolic OH excluding ortho intramolecular Hbond substituents is 2. The molecule has 0 saturated heterocycles. The minimum absolute atomic E-state index is 0.00377. The molecule has 6 nitrogen and oxygen atoms in total. The molecular formula is C29H29NO5. The highest BCUT2D eigenvalue weighted by Crippen LogP contribution is 2.42. The Balaban J connectivity index is 1.76. The summed E-state index contributed by atoms with van der Waals surface area (Å²) in [6.45, 7) is 4.45. The zero-order valence-corrected chi connectivity index (χ0v) is 19.8. The van der Waals surface area contributed by atoms with E-state index in [1.54, 1.807) is 0 Å². The summed E-state index contributed by atoms with van der Waals surface area (Å²) in [5, 5.41) is 24.3. The summed E-state index contributed by atoms with van der Waals surface area (Å²) in [6.07, 6.45) is 0.670. The Kier molecular flexibility index (Phi) is 7.20. The number of phenols is 2. The first-order valence-corrected chi connectivity index (χ1v) is 11.7. The van der Waals surface area contributed by atoms with Crippen LogP contribution in [0.3, 0.4) is 0 Å². The van der Waals surface area contributed by atoms with Crippen LogP contribution in [0.4, 0.5) is 0 Å².